The van der Waals surface area contributed by atoms with Crippen LogP contribution in [0.4, 0.5) is 0 Å². The van der Waals surface area contributed by atoms with E-state index in [9.17, 15) is 4.79 Å². The van der Waals surface area contributed by atoms with E-state index in [1.807, 2.05) is 18.5 Å². The van der Waals surface area contributed by atoms with Gasteiger partial charge in [0.15, 0.2) is 5.82 Å². The summed E-state index contributed by atoms with van der Waals surface area (Å²) in [5.41, 5.74) is 3.24. The molecule has 6 atom stereocenters. The second kappa shape index (κ2) is 5.86. The van der Waals surface area contributed by atoms with Crippen LogP contribution in [0.2, 0.25) is 0 Å². The number of hydrogen-bond acceptors (Lipinski definition) is 3. The molecule has 3 nitrogen and oxygen atoms in total. The molecule has 0 radical (unpaired) electrons. The Bertz CT molecular complexity index is 841. The fourth-order valence-corrected chi connectivity index (χ4v) is 7.19. The highest BCUT2D eigenvalue weighted by molar-refractivity contribution is 5.82. The number of fused-ring (bicyclic) bond motifs is 5. The molecular weight excluding hydrogens is 332 g/mol. The molecular formula is C24H30N2O. The molecule has 0 aromatic carbocycles. The van der Waals surface area contributed by atoms with Crippen molar-refractivity contribution in [2.75, 3.05) is 0 Å². The third-order valence-electron chi connectivity index (χ3n) is 8.65. The normalized spacial score (nSPS) is 43.3. The summed E-state index contributed by atoms with van der Waals surface area (Å²) in [6.45, 7) is 7.31. The van der Waals surface area contributed by atoms with Crippen LogP contribution in [-0.2, 0) is 4.79 Å². The van der Waals surface area contributed by atoms with Gasteiger partial charge in [-0.2, -0.15) is 0 Å². The summed E-state index contributed by atoms with van der Waals surface area (Å²) in [5, 5.41) is 0. The van der Waals surface area contributed by atoms with Crippen LogP contribution in [0.1, 0.15) is 65.1 Å². The van der Waals surface area contributed by atoms with Crippen molar-refractivity contribution in [2.24, 2.45) is 34.5 Å². The van der Waals surface area contributed by atoms with Crippen LogP contribution in [0.25, 0.3) is 5.57 Å². The van der Waals surface area contributed by atoms with E-state index in [0.717, 1.165) is 25.1 Å². The third kappa shape index (κ3) is 2.36. The van der Waals surface area contributed by atoms with Crippen LogP contribution < -0.4 is 0 Å². The lowest BCUT2D eigenvalue weighted by Gasteiger charge is -2.58. The summed E-state index contributed by atoms with van der Waals surface area (Å²) in [4.78, 5) is 21.3. The Hall–Kier alpha value is -1.77. The Morgan fingerprint density at radius 1 is 1.07 bits per heavy atom. The molecule has 142 valence electrons. The summed E-state index contributed by atoms with van der Waals surface area (Å²) < 4.78 is 0. The molecule has 0 bridgehead atoms. The summed E-state index contributed by atoms with van der Waals surface area (Å²) in [7, 11) is 0. The van der Waals surface area contributed by atoms with Gasteiger partial charge < -0.3 is 0 Å². The van der Waals surface area contributed by atoms with Crippen LogP contribution in [-0.4, -0.2) is 15.8 Å². The maximum atomic E-state index is 12.1. The number of hydrogen-bond donors (Lipinski definition) is 0. The van der Waals surface area contributed by atoms with Crippen molar-refractivity contribution in [3.63, 3.8) is 0 Å². The molecule has 4 aliphatic carbocycles. The molecule has 3 heteroatoms. The van der Waals surface area contributed by atoms with Gasteiger partial charge in [-0.3, -0.25) is 4.79 Å². The summed E-state index contributed by atoms with van der Waals surface area (Å²) in [5.74, 6) is 3.99. The monoisotopic (exact) mass is 362 g/mol. The molecule has 2 saturated carbocycles. The zero-order valence-corrected chi connectivity index (χ0v) is 16.7. The first kappa shape index (κ1) is 17.3. The van der Waals surface area contributed by atoms with Gasteiger partial charge in [-0.15, -0.1) is 0 Å². The average Bonchev–Trinajstić information content (AvgIpc) is 3.01. The van der Waals surface area contributed by atoms with Gasteiger partial charge in [0.1, 0.15) is 5.78 Å². The van der Waals surface area contributed by atoms with Crippen molar-refractivity contribution in [3.05, 3.63) is 42.0 Å². The number of rotatable bonds is 1. The minimum atomic E-state index is 0.184. The smallest absolute Gasteiger partial charge is 0.155 e. The fraction of sp³-hybridized carbons (Fsp3) is 0.625. The van der Waals surface area contributed by atoms with Gasteiger partial charge >= 0.3 is 0 Å². The van der Waals surface area contributed by atoms with E-state index in [1.165, 1.54) is 24.0 Å². The number of nitrogens with zero attached hydrogens (tertiary/aromatic N) is 2. The number of ketones is 1. The molecule has 4 aliphatic rings. The molecule has 0 unspecified atom stereocenters. The van der Waals surface area contributed by atoms with Crippen molar-refractivity contribution in [2.45, 2.75) is 59.3 Å². The first-order valence-electron chi connectivity index (χ1n) is 10.6. The van der Waals surface area contributed by atoms with Gasteiger partial charge in [-0.25, -0.2) is 9.97 Å². The lowest BCUT2D eigenvalue weighted by molar-refractivity contribution is -0.122. The third-order valence-corrected chi connectivity index (χ3v) is 8.65. The van der Waals surface area contributed by atoms with Gasteiger partial charge in [0, 0.05) is 25.2 Å². The molecule has 0 saturated heterocycles. The largest absolute Gasteiger partial charge is 0.299 e. The molecule has 0 spiro atoms. The summed E-state index contributed by atoms with van der Waals surface area (Å²) >= 11 is 0. The van der Waals surface area contributed by atoms with Crippen LogP contribution >= 0.6 is 0 Å². The highest BCUT2D eigenvalue weighted by Crippen LogP contribution is 2.66. The van der Waals surface area contributed by atoms with Crippen molar-refractivity contribution < 1.29 is 4.79 Å². The molecule has 5 rings (SSSR count). The quantitative estimate of drug-likeness (QED) is 0.641. The lowest BCUT2D eigenvalue weighted by Crippen LogP contribution is -2.52. The highest BCUT2D eigenvalue weighted by Gasteiger charge is 2.58. The molecule has 0 N–H and O–H groups in total. The number of carbonyl (C=O) groups is 1. The number of allylic oxidation sites excluding steroid dienone is 4. The maximum Gasteiger partial charge on any atom is 0.155 e. The molecule has 0 amide bonds. The fourth-order valence-electron chi connectivity index (χ4n) is 7.19. The number of aromatic nitrogens is 2. The predicted octanol–water partition coefficient (Wildman–Crippen LogP) is 5.25. The zero-order valence-electron chi connectivity index (χ0n) is 16.7. The molecule has 1 aromatic heterocycles. The van der Waals surface area contributed by atoms with E-state index in [4.69, 9.17) is 0 Å². The van der Waals surface area contributed by atoms with Crippen molar-refractivity contribution in [1.29, 1.82) is 0 Å². The van der Waals surface area contributed by atoms with E-state index in [2.05, 4.69) is 42.9 Å². The Labute approximate surface area is 162 Å². The average molecular weight is 363 g/mol. The van der Waals surface area contributed by atoms with E-state index in [1.54, 1.807) is 0 Å². The molecule has 1 aromatic rings. The summed E-state index contributed by atoms with van der Waals surface area (Å²) in [6, 6.07) is 1.90. The Morgan fingerprint density at radius 2 is 1.85 bits per heavy atom. The highest BCUT2D eigenvalue weighted by atomic mass is 16.1. The van der Waals surface area contributed by atoms with E-state index >= 15 is 0 Å². The zero-order chi connectivity index (χ0) is 18.8. The topological polar surface area (TPSA) is 42.9 Å². The summed E-state index contributed by atoms with van der Waals surface area (Å²) in [6.07, 6.45) is 14.8. The molecule has 27 heavy (non-hydrogen) atoms. The van der Waals surface area contributed by atoms with Gasteiger partial charge in [-0.1, -0.05) is 38.5 Å². The van der Waals surface area contributed by atoms with Crippen molar-refractivity contribution in [1.82, 2.24) is 9.97 Å². The molecule has 1 heterocycles. The second-order valence-corrected chi connectivity index (χ2v) is 9.86. The van der Waals surface area contributed by atoms with Crippen LogP contribution in [0.5, 0.6) is 0 Å². The van der Waals surface area contributed by atoms with Crippen molar-refractivity contribution in [3.8, 4) is 0 Å². The first-order valence-corrected chi connectivity index (χ1v) is 10.6. The van der Waals surface area contributed by atoms with Crippen LogP contribution in [0.15, 0.2) is 36.2 Å². The van der Waals surface area contributed by atoms with Gasteiger partial charge in [0.05, 0.1) is 0 Å². The van der Waals surface area contributed by atoms with E-state index < -0.39 is 0 Å². The second-order valence-electron chi connectivity index (χ2n) is 9.86. The van der Waals surface area contributed by atoms with Gasteiger partial charge in [-0.05, 0) is 71.8 Å². The van der Waals surface area contributed by atoms with Crippen molar-refractivity contribution >= 4 is 11.4 Å². The lowest BCUT2D eigenvalue weighted by atomic mass is 9.45. The Kier molecular flexibility index (Phi) is 3.76. The van der Waals surface area contributed by atoms with E-state index in [0.29, 0.717) is 35.9 Å². The first-order chi connectivity index (χ1) is 12.9. The number of Topliss-reactive ketones (excluding diaryl/α,β-unsaturated/α-hetero) is 1. The SMILES string of the molecule is C[C@H]1C=C2CC(=O)CC[C@]2(C)[C@H]2CC[C@]3(C)C(c4ncccn4)=CC[C@H]3[C@H]12. The predicted molar refractivity (Wildman–Crippen MR) is 107 cm³/mol. The van der Waals surface area contributed by atoms with Crippen LogP contribution in [0.3, 0.4) is 0 Å². The van der Waals surface area contributed by atoms with Crippen LogP contribution in [0, 0.1) is 34.5 Å². The Morgan fingerprint density at radius 3 is 2.63 bits per heavy atom. The van der Waals surface area contributed by atoms with E-state index in [-0.39, 0.29) is 10.8 Å². The minimum absolute atomic E-state index is 0.184. The number of carbonyl (C=O) groups excluding carboxylic acids is 1. The standard InChI is InChI=1S/C24H30N2O/c1-15-13-16-14-17(27)7-9-23(16,2)19-8-10-24(3)18(21(15)19)5-6-20(24)22-25-11-4-12-26-22/h4,6,11-13,15,18-19,21H,5,7-10,14H2,1-3H3/t15-,18-,19-,21-,23-,24-/m0/s1. The molecule has 2 fully saturated rings. The van der Waals surface area contributed by atoms with Gasteiger partial charge in [0.2, 0.25) is 0 Å². The van der Waals surface area contributed by atoms with Gasteiger partial charge in [0.25, 0.3) is 0 Å². The Balaban J connectivity index is 1.52. The minimum Gasteiger partial charge on any atom is -0.299 e. The molecule has 0 aliphatic heterocycles. The maximum absolute atomic E-state index is 12.1.